The van der Waals surface area contributed by atoms with Gasteiger partial charge in [0, 0.05) is 42.9 Å². The Kier molecular flexibility index (Phi) is 10.3. The minimum Gasteiger partial charge on any atom is -0.493 e. The predicted molar refractivity (Wildman–Crippen MR) is 206 cm³/mol. The van der Waals surface area contributed by atoms with Crippen LogP contribution in [0, 0.1) is 0 Å². The van der Waals surface area contributed by atoms with Crippen LogP contribution >= 0.6 is 23.2 Å². The Labute approximate surface area is 313 Å². The fraction of sp³-hybridized carbons (Fsp3) is 0.250. The second-order valence-electron chi connectivity index (χ2n) is 12.3. The number of aryl methyl sites for hydroxylation is 1. The Balaban J connectivity index is 1.17. The highest BCUT2D eigenvalue weighted by atomic mass is 35.5. The molecule has 0 amide bonds. The number of ether oxygens (including phenoxy) is 2. The molecule has 3 aromatic heterocycles. The second-order valence-corrected chi connectivity index (χ2v) is 13.1. The number of hydrogen-bond acceptors (Lipinski definition) is 12. The summed E-state index contributed by atoms with van der Waals surface area (Å²) in [4.78, 5) is 46.7. The first-order valence-electron chi connectivity index (χ1n) is 16.8. The highest BCUT2D eigenvalue weighted by Gasteiger charge is 2.23. The zero-order valence-corrected chi connectivity index (χ0v) is 30.6. The molecule has 272 valence electrons. The lowest BCUT2D eigenvalue weighted by atomic mass is 10.1. The molecular formula is C36H35Cl2N11O4. The van der Waals surface area contributed by atoms with Crippen LogP contribution in [0.1, 0.15) is 30.4 Å². The first-order valence-corrected chi connectivity index (χ1v) is 17.5. The molecular weight excluding hydrogens is 721 g/mol. The van der Waals surface area contributed by atoms with E-state index in [-0.39, 0.29) is 29.7 Å². The van der Waals surface area contributed by atoms with Crippen LogP contribution in [0.2, 0.25) is 10.0 Å². The molecule has 53 heavy (non-hydrogen) atoms. The minimum atomic E-state index is -0.536. The molecule has 0 unspecified atom stereocenters. The maximum atomic E-state index is 13.4. The van der Waals surface area contributed by atoms with Crippen molar-refractivity contribution in [3.63, 3.8) is 0 Å². The monoisotopic (exact) mass is 755 g/mol. The van der Waals surface area contributed by atoms with E-state index in [9.17, 15) is 9.59 Å². The van der Waals surface area contributed by atoms with Crippen LogP contribution in [0.3, 0.4) is 0 Å². The number of benzene rings is 3. The van der Waals surface area contributed by atoms with Crippen molar-refractivity contribution in [3.8, 4) is 17.5 Å². The number of aromatic nitrogens is 7. The van der Waals surface area contributed by atoms with Crippen molar-refractivity contribution in [1.29, 1.82) is 0 Å². The van der Waals surface area contributed by atoms with E-state index in [1.165, 1.54) is 32.2 Å². The molecule has 4 heterocycles. The van der Waals surface area contributed by atoms with E-state index in [1.807, 2.05) is 30.3 Å². The Morgan fingerprint density at radius 3 is 2.40 bits per heavy atom. The number of piperidine rings is 1. The van der Waals surface area contributed by atoms with Gasteiger partial charge in [-0.2, -0.15) is 25.0 Å². The van der Waals surface area contributed by atoms with Crippen molar-refractivity contribution >= 4 is 64.1 Å². The molecule has 3 aromatic carbocycles. The van der Waals surface area contributed by atoms with Gasteiger partial charge in [0.05, 0.1) is 19.9 Å². The molecule has 0 aliphatic carbocycles. The molecule has 0 saturated carbocycles. The standard InChI is InChI=1S/C36H35Cl2N11O4/c1-46-30-29(31(50)47(2)36(46)51)49(21-23-13-14-24(37)19-26(23)38)35(41-30)53-27-15-12-22(18-28(27)52-3)20-39-45-33-42-32(40-25-10-6-4-7-11-25)43-34(44-33)48-16-8-5-9-17-48/h4,6-7,10-15,18-20H,5,8-9,16-17,21H2,1-3H3,(H2,40,42,43,44,45). The van der Waals surface area contributed by atoms with Crippen molar-refractivity contribution in [3.05, 3.63) is 109 Å². The molecule has 0 radical (unpaired) electrons. The highest BCUT2D eigenvalue weighted by molar-refractivity contribution is 6.35. The van der Waals surface area contributed by atoms with Gasteiger partial charge in [-0.25, -0.2) is 10.2 Å². The number of nitrogens with zero attached hydrogens (tertiary/aromatic N) is 9. The maximum absolute atomic E-state index is 13.4. The second kappa shape index (κ2) is 15.4. The first-order chi connectivity index (χ1) is 25.7. The molecule has 6 aromatic rings. The van der Waals surface area contributed by atoms with Crippen molar-refractivity contribution < 1.29 is 9.47 Å². The molecule has 7 rings (SSSR count). The fourth-order valence-corrected chi connectivity index (χ4v) is 6.41. The van der Waals surface area contributed by atoms with Crippen LogP contribution in [-0.2, 0) is 20.6 Å². The van der Waals surface area contributed by atoms with Crippen molar-refractivity contribution in [2.24, 2.45) is 19.2 Å². The lowest BCUT2D eigenvalue weighted by Gasteiger charge is -2.26. The summed E-state index contributed by atoms with van der Waals surface area (Å²) in [5, 5.41) is 8.51. The SMILES string of the molecule is COc1cc(C=NNc2nc(Nc3ccccc3)nc(N3CCCCC3)n2)ccc1Oc1nc2c(c(=O)n(C)c(=O)n2C)n1Cc1ccc(Cl)cc1Cl. The van der Waals surface area contributed by atoms with Gasteiger partial charge in [-0.3, -0.25) is 18.5 Å². The number of fused-ring (bicyclic) bond motifs is 1. The van der Waals surface area contributed by atoms with E-state index in [2.05, 4.69) is 40.7 Å². The highest BCUT2D eigenvalue weighted by Crippen LogP contribution is 2.34. The number of imidazole rings is 1. The summed E-state index contributed by atoms with van der Waals surface area (Å²) < 4.78 is 15.9. The molecule has 0 bridgehead atoms. The third-order valence-corrected chi connectivity index (χ3v) is 9.30. The third-order valence-electron chi connectivity index (χ3n) is 8.72. The zero-order chi connectivity index (χ0) is 37.1. The molecule has 1 saturated heterocycles. The quantitative estimate of drug-likeness (QED) is 0.119. The van der Waals surface area contributed by atoms with E-state index < -0.39 is 11.2 Å². The normalized spacial score (nSPS) is 13.1. The number of hydrazone groups is 1. The van der Waals surface area contributed by atoms with E-state index >= 15 is 0 Å². The lowest BCUT2D eigenvalue weighted by molar-refractivity contribution is 0.361. The summed E-state index contributed by atoms with van der Waals surface area (Å²) in [6, 6.07) is 20.0. The Hall–Kier alpha value is -5.93. The molecule has 17 heteroatoms. The van der Waals surface area contributed by atoms with Crippen molar-refractivity contribution in [2.45, 2.75) is 25.8 Å². The first kappa shape index (κ1) is 35.5. The van der Waals surface area contributed by atoms with Crippen LogP contribution in [0.15, 0.2) is 81.4 Å². The zero-order valence-electron chi connectivity index (χ0n) is 29.1. The largest absolute Gasteiger partial charge is 0.493 e. The number of methoxy groups -OCH3 is 1. The Bertz CT molecular complexity index is 2440. The van der Waals surface area contributed by atoms with Crippen LogP contribution in [-0.4, -0.2) is 60.1 Å². The van der Waals surface area contributed by atoms with E-state index in [4.69, 9.17) is 32.7 Å². The number of rotatable bonds is 11. The smallest absolute Gasteiger partial charge is 0.332 e. The molecule has 1 fully saturated rings. The van der Waals surface area contributed by atoms with Crippen molar-refractivity contribution in [2.75, 3.05) is 35.8 Å². The maximum Gasteiger partial charge on any atom is 0.332 e. The number of anilines is 4. The number of hydrogen-bond donors (Lipinski definition) is 2. The molecule has 0 atom stereocenters. The lowest BCUT2D eigenvalue weighted by Crippen LogP contribution is -2.37. The number of nitrogens with one attached hydrogen (secondary N) is 2. The van der Waals surface area contributed by atoms with Gasteiger partial charge in [-0.15, -0.1) is 0 Å². The van der Waals surface area contributed by atoms with Crippen LogP contribution in [0.4, 0.5) is 23.5 Å². The third kappa shape index (κ3) is 7.66. The van der Waals surface area contributed by atoms with E-state index in [0.29, 0.717) is 44.6 Å². The van der Waals surface area contributed by atoms with Gasteiger partial charge in [0.1, 0.15) is 0 Å². The summed E-state index contributed by atoms with van der Waals surface area (Å²) in [6.07, 6.45) is 4.92. The summed E-state index contributed by atoms with van der Waals surface area (Å²) in [6.45, 7) is 1.84. The van der Waals surface area contributed by atoms with Crippen LogP contribution in [0.25, 0.3) is 11.2 Å². The van der Waals surface area contributed by atoms with Gasteiger partial charge >= 0.3 is 11.7 Å². The van der Waals surface area contributed by atoms with Crippen LogP contribution < -0.4 is 36.4 Å². The van der Waals surface area contributed by atoms with Gasteiger partial charge in [-0.1, -0.05) is 47.5 Å². The average molecular weight is 757 g/mol. The summed E-state index contributed by atoms with van der Waals surface area (Å²) in [7, 11) is 4.45. The minimum absolute atomic E-state index is 0.0463. The molecule has 1 aliphatic heterocycles. The average Bonchev–Trinajstić information content (AvgIpc) is 3.52. The van der Waals surface area contributed by atoms with Gasteiger partial charge in [0.2, 0.25) is 17.8 Å². The summed E-state index contributed by atoms with van der Waals surface area (Å²) in [5.74, 6) is 1.91. The van der Waals surface area contributed by atoms with E-state index in [1.54, 1.807) is 47.2 Å². The fourth-order valence-electron chi connectivity index (χ4n) is 5.94. The number of halogens is 2. The van der Waals surface area contributed by atoms with Gasteiger partial charge in [0.15, 0.2) is 22.7 Å². The Morgan fingerprint density at radius 2 is 1.64 bits per heavy atom. The van der Waals surface area contributed by atoms with Gasteiger partial charge in [0.25, 0.3) is 5.56 Å². The molecule has 2 N–H and O–H groups in total. The van der Waals surface area contributed by atoms with Gasteiger partial charge < -0.3 is 19.7 Å². The molecule has 15 nitrogen and oxygen atoms in total. The summed E-state index contributed by atoms with van der Waals surface area (Å²) >= 11 is 12.7. The molecule has 1 aliphatic rings. The topological polar surface area (TPSA) is 159 Å². The molecule has 0 spiro atoms. The predicted octanol–water partition coefficient (Wildman–Crippen LogP) is 5.95. The van der Waals surface area contributed by atoms with Crippen molar-refractivity contribution in [1.82, 2.24) is 33.6 Å². The Morgan fingerprint density at radius 1 is 0.868 bits per heavy atom. The summed E-state index contributed by atoms with van der Waals surface area (Å²) in [5.41, 5.74) is 4.37. The van der Waals surface area contributed by atoms with E-state index in [0.717, 1.165) is 36.2 Å². The van der Waals surface area contributed by atoms with Gasteiger partial charge in [-0.05, 0) is 72.9 Å². The number of para-hydroxylation sites is 1. The van der Waals surface area contributed by atoms with Crippen LogP contribution in [0.5, 0.6) is 17.5 Å².